The lowest BCUT2D eigenvalue weighted by Crippen LogP contribution is -1.95. The Balaban J connectivity index is 2.85. The number of nitrogens with one attached hydrogen (secondary N) is 1. The van der Waals surface area contributed by atoms with Crippen LogP contribution in [0.4, 0.5) is 0 Å². The molecule has 0 aromatic carbocycles. The molecule has 0 aliphatic carbocycles. The third kappa shape index (κ3) is 154. The molecule has 0 aromatic heterocycles. The molecular formula is CH5N2P. The van der Waals surface area contributed by atoms with Gasteiger partial charge in [0.2, 0.25) is 0 Å². The van der Waals surface area contributed by atoms with E-state index in [1.807, 2.05) is 0 Å². The van der Waals surface area contributed by atoms with E-state index in [0.717, 1.165) is 0 Å². The predicted octanol–water partition coefficient (Wildman–Crippen LogP) is -0.245. The Morgan fingerprint density at radius 2 is 2.75 bits per heavy atom. The highest BCUT2D eigenvalue weighted by Gasteiger charge is 1.53. The number of hydrogen-bond donors (Lipinski definition) is 2. The van der Waals surface area contributed by atoms with Crippen molar-refractivity contribution in [3.63, 3.8) is 0 Å². The normalized spacial score (nSPS) is 12.5. The number of amidine groups is 1. The lowest BCUT2D eigenvalue weighted by molar-refractivity contribution is 1.51. The molecule has 0 amide bonds. The van der Waals surface area contributed by atoms with E-state index in [9.17, 15) is 0 Å². The van der Waals surface area contributed by atoms with Gasteiger partial charge in [0.1, 0.15) is 5.58 Å². The highest BCUT2D eigenvalue weighted by molar-refractivity contribution is 7.40. The van der Waals surface area contributed by atoms with Crippen LogP contribution in [0.25, 0.3) is 0 Å². The van der Waals surface area contributed by atoms with Crippen LogP contribution >= 0.6 is 9.18 Å². The van der Waals surface area contributed by atoms with Crippen molar-refractivity contribution in [1.29, 1.82) is 6.69 Å². The van der Waals surface area contributed by atoms with Crippen molar-refractivity contribution < 1.29 is 0 Å². The first-order valence-electron chi connectivity index (χ1n) is 1.29. The number of rotatable bonds is 1. The largest absolute Gasteiger partial charge is 0.384 e. The standard InChI is InChI=1S/CH5N2P/c2-1(3)4/h4H2,(H3,2,3)/i4T. The third-order valence-electron chi connectivity index (χ3n) is 0. The first kappa shape index (κ1) is 2.16. The van der Waals surface area contributed by atoms with Crippen LogP contribution < -0.4 is 5.73 Å². The van der Waals surface area contributed by atoms with E-state index in [1.165, 1.54) is 0 Å². The molecule has 0 heterocycles. The Morgan fingerprint density at radius 1 is 2.50 bits per heavy atom. The molecule has 0 radical (unpaired) electrons. The van der Waals surface area contributed by atoms with Crippen molar-refractivity contribution in [2.75, 3.05) is 0 Å². The molecule has 0 bridgehead atoms. The quantitative estimate of drug-likeness (QED) is 0.254. The van der Waals surface area contributed by atoms with Gasteiger partial charge in [0.25, 0.3) is 0 Å². The summed E-state index contributed by atoms with van der Waals surface area (Å²) in [5.41, 5.74) is 4.65. The van der Waals surface area contributed by atoms with E-state index in [1.54, 1.807) is 0 Å². The van der Waals surface area contributed by atoms with Crippen LogP contribution in [0.1, 0.15) is 0 Å². The Morgan fingerprint density at radius 3 is 2.75 bits per heavy atom. The number of nitrogens with two attached hydrogens (primary N) is 1. The van der Waals surface area contributed by atoms with Crippen molar-refractivity contribution in [3.8, 4) is 0 Å². The fraction of sp³-hybridized carbons (Fsp3) is 0. The first-order valence-corrected chi connectivity index (χ1v) is 1.29. The summed E-state index contributed by atoms with van der Waals surface area (Å²) in [6.45, 7) is 0. The van der Waals surface area contributed by atoms with Gasteiger partial charge in [-0.2, -0.15) is 0 Å². The zero-order valence-corrected chi connectivity index (χ0v) is 3.08. The SMILES string of the molecule is [3H]PC(=N)N. The minimum absolute atomic E-state index is 0.0509. The van der Waals surface area contributed by atoms with Crippen LogP contribution in [0.3, 0.4) is 0 Å². The molecule has 0 spiro atoms. The van der Waals surface area contributed by atoms with Gasteiger partial charge >= 0.3 is 0 Å². The van der Waals surface area contributed by atoms with Gasteiger partial charge in [0.15, 0.2) is 0 Å². The number of hydrogen-bond acceptors (Lipinski definition) is 1. The molecule has 0 fully saturated rings. The lowest BCUT2D eigenvalue weighted by Gasteiger charge is -1.66. The molecule has 0 aromatic rings. The fourth-order valence-corrected chi connectivity index (χ4v) is 0. The molecule has 3 heteroatoms. The summed E-state index contributed by atoms with van der Waals surface area (Å²) in [7, 11) is -0.275. The molecule has 3 N–H and O–H groups in total. The average molecular weight is 78.0 g/mol. The lowest BCUT2D eigenvalue weighted by atomic mass is 11.4. The molecule has 0 saturated heterocycles. The van der Waals surface area contributed by atoms with Gasteiger partial charge in [0.05, 0.1) is 1.28 Å². The molecule has 24 valence electrons. The monoisotopic (exact) mass is 78.0 g/mol. The van der Waals surface area contributed by atoms with Crippen molar-refractivity contribution in [3.05, 3.63) is 0 Å². The fourth-order valence-electron chi connectivity index (χ4n) is 0. The van der Waals surface area contributed by atoms with E-state index < -0.39 is 0 Å². The van der Waals surface area contributed by atoms with Crippen LogP contribution in [0.15, 0.2) is 0 Å². The van der Waals surface area contributed by atoms with Crippen LogP contribution in [0, 0.1) is 5.41 Å². The van der Waals surface area contributed by atoms with Crippen molar-refractivity contribution in [2.45, 2.75) is 0 Å². The van der Waals surface area contributed by atoms with Gasteiger partial charge in [0, 0.05) is 0 Å². The van der Waals surface area contributed by atoms with Crippen LogP contribution in [0.2, 0.25) is 0 Å². The molecule has 1 unspecified atom stereocenters. The minimum Gasteiger partial charge on any atom is -0.384 e. The van der Waals surface area contributed by atoms with Crippen LogP contribution in [0.5, 0.6) is 0 Å². The zero-order valence-electron chi connectivity index (χ0n) is 3.08. The van der Waals surface area contributed by atoms with Crippen LogP contribution in [-0.4, -0.2) is 6.86 Å². The van der Waals surface area contributed by atoms with Gasteiger partial charge in [-0.15, -0.1) is 0 Å². The summed E-state index contributed by atoms with van der Waals surface area (Å²) < 4.78 is 6.34. The highest BCUT2D eigenvalue weighted by Crippen LogP contribution is 1.66. The highest BCUT2D eigenvalue weighted by atomic mass is 31.0. The Bertz CT molecular complexity index is 44.9. The van der Waals surface area contributed by atoms with Crippen molar-refractivity contribution in [1.82, 2.24) is 0 Å². The van der Waals surface area contributed by atoms with Gasteiger partial charge in [-0.1, -0.05) is 9.18 Å². The van der Waals surface area contributed by atoms with E-state index in [4.69, 9.17) is 12.4 Å². The molecule has 0 aliphatic rings. The van der Waals surface area contributed by atoms with Gasteiger partial charge in [-0.05, 0) is 0 Å². The summed E-state index contributed by atoms with van der Waals surface area (Å²) >= 11 is 0. The summed E-state index contributed by atoms with van der Waals surface area (Å²) in [5, 5.41) is 6.35. The molecule has 2 nitrogen and oxygen atoms in total. The molecule has 0 rings (SSSR count). The average Bonchev–Trinajstić information content (AvgIpc) is 1.38. The maximum absolute atomic E-state index is 6.35. The summed E-state index contributed by atoms with van der Waals surface area (Å²) in [6.07, 6.45) is 0. The Kier molecular flexibility index (Phi) is 0.671. The predicted molar refractivity (Wildman–Crippen MR) is 21.6 cm³/mol. The van der Waals surface area contributed by atoms with Crippen molar-refractivity contribution in [2.24, 2.45) is 5.73 Å². The molecule has 1 atom stereocenters. The summed E-state index contributed by atoms with van der Waals surface area (Å²) in [6, 6.07) is 0. The summed E-state index contributed by atoms with van der Waals surface area (Å²) in [5.74, 6) is 0. The van der Waals surface area contributed by atoms with Gasteiger partial charge in [-0.3, -0.25) is 5.41 Å². The van der Waals surface area contributed by atoms with Crippen LogP contribution in [-0.2, 0) is 0 Å². The second kappa shape index (κ2) is 1.24. The first-order chi connectivity index (χ1) is 2.27. The van der Waals surface area contributed by atoms with E-state index in [0.29, 0.717) is 0 Å². The summed E-state index contributed by atoms with van der Waals surface area (Å²) in [4.78, 5) is 0. The minimum atomic E-state index is -0.275. The molecule has 4 heavy (non-hydrogen) atoms. The molecular weight excluding hydrogens is 71.0 g/mol. The molecule has 0 aliphatic heterocycles. The topological polar surface area (TPSA) is 49.9 Å². The third-order valence-corrected chi connectivity index (χ3v) is 0. The van der Waals surface area contributed by atoms with E-state index in [2.05, 4.69) is 0 Å². The van der Waals surface area contributed by atoms with Crippen molar-refractivity contribution >= 4 is 14.8 Å². The van der Waals surface area contributed by atoms with E-state index in [-0.39, 0.29) is 14.8 Å². The Hall–Kier alpha value is -0.100. The second-order valence-electron chi connectivity index (χ2n) is 0.414. The zero-order chi connectivity index (χ0) is 4.28. The Labute approximate surface area is 28.4 Å². The smallest absolute Gasteiger partial charge is 0.107 e. The molecule has 0 saturated carbocycles. The van der Waals surface area contributed by atoms with Gasteiger partial charge < -0.3 is 5.73 Å². The van der Waals surface area contributed by atoms with Gasteiger partial charge in [-0.25, -0.2) is 0 Å². The maximum Gasteiger partial charge on any atom is 0.107 e. The maximum atomic E-state index is 6.35. The van der Waals surface area contributed by atoms with E-state index >= 15 is 0 Å². The second-order valence-corrected chi connectivity index (χ2v) is 0.952.